The van der Waals surface area contributed by atoms with Crippen LogP contribution in [0.5, 0.6) is 0 Å². The highest BCUT2D eigenvalue weighted by molar-refractivity contribution is 7.90. The van der Waals surface area contributed by atoms with Crippen molar-refractivity contribution in [1.29, 1.82) is 0 Å². The number of hydrogen-bond acceptors (Lipinski definition) is 4. The summed E-state index contributed by atoms with van der Waals surface area (Å²) < 4.78 is 27.7. The third-order valence-electron chi connectivity index (χ3n) is 4.69. The van der Waals surface area contributed by atoms with Crippen LogP contribution < -0.4 is 10.0 Å². The molecule has 1 amide bonds. The summed E-state index contributed by atoms with van der Waals surface area (Å²) in [6, 6.07) is 11.2. The molecule has 1 aliphatic heterocycles. The van der Waals surface area contributed by atoms with Gasteiger partial charge in [-0.25, -0.2) is 0 Å². The zero-order valence-corrected chi connectivity index (χ0v) is 15.7. The standard InChI is InChI=1S/C18H19N5O3S/c1-23(2)27(25,26)22-13-5-6-14-15(9-18(24)20-17(14)8-13)11-3-4-12-10-19-21-16(12)7-11/h3-8,10,15,22H,9H2,1-2H3,(H,19,21)(H,20,24). The molecule has 0 radical (unpaired) electrons. The zero-order valence-electron chi connectivity index (χ0n) is 14.9. The van der Waals surface area contributed by atoms with E-state index in [-0.39, 0.29) is 11.8 Å². The van der Waals surface area contributed by atoms with Gasteiger partial charge in [0, 0.05) is 37.5 Å². The first kappa shape index (κ1) is 17.5. The number of H-pyrrole nitrogens is 1. The van der Waals surface area contributed by atoms with Crippen LogP contribution >= 0.6 is 0 Å². The van der Waals surface area contributed by atoms with Gasteiger partial charge in [0.15, 0.2) is 0 Å². The van der Waals surface area contributed by atoms with Crippen LogP contribution in [0.4, 0.5) is 11.4 Å². The van der Waals surface area contributed by atoms with Gasteiger partial charge < -0.3 is 5.32 Å². The molecule has 0 aliphatic carbocycles. The highest BCUT2D eigenvalue weighted by atomic mass is 32.2. The monoisotopic (exact) mass is 385 g/mol. The second-order valence-electron chi connectivity index (χ2n) is 6.71. The normalized spacial score (nSPS) is 17.0. The maximum absolute atomic E-state index is 12.2. The van der Waals surface area contributed by atoms with Crippen molar-refractivity contribution in [3.63, 3.8) is 0 Å². The van der Waals surface area contributed by atoms with E-state index in [1.807, 2.05) is 24.3 Å². The minimum absolute atomic E-state index is 0.107. The molecule has 1 aliphatic rings. The maximum atomic E-state index is 12.2. The maximum Gasteiger partial charge on any atom is 0.301 e. The fraction of sp³-hybridized carbons (Fsp3) is 0.222. The minimum atomic E-state index is -3.62. The number of amides is 1. The molecule has 1 atom stereocenters. The number of fused-ring (bicyclic) bond motifs is 2. The topological polar surface area (TPSA) is 107 Å². The smallest absolute Gasteiger partial charge is 0.301 e. The summed E-state index contributed by atoms with van der Waals surface area (Å²) >= 11 is 0. The number of aromatic nitrogens is 2. The van der Waals surface area contributed by atoms with E-state index in [1.54, 1.807) is 18.3 Å². The Morgan fingerprint density at radius 3 is 2.78 bits per heavy atom. The van der Waals surface area contributed by atoms with Crippen molar-refractivity contribution < 1.29 is 13.2 Å². The van der Waals surface area contributed by atoms with Crippen molar-refractivity contribution in [2.24, 2.45) is 0 Å². The van der Waals surface area contributed by atoms with Gasteiger partial charge in [0.25, 0.3) is 0 Å². The molecule has 0 fully saturated rings. The largest absolute Gasteiger partial charge is 0.326 e. The molecule has 1 aromatic heterocycles. The first-order valence-electron chi connectivity index (χ1n) is 8.40. The predicted molar refractivity (Wildman–Crippen MR) is 104 cm³/mol. The van der Waals surface area contributed by atoms with Gasteiger partial charge >= 0.3 is 10.2 Å². The molecule has 2 aromatic carbocycles. The molecule has 0 spiro atoms. The van der Waals surface area contributed by atoms with E-state index >= 15 is 0 Å². The number of aromatic amines is 1. The van der Waals surface area contributed by atoms with Crippen molar-refractivity contribution in [2.75, 3.05) is 24.1 Å². The average molecular weight is 385 g/mol. The SMILES string of the molecule is CN(C)S(=O)(=O)Nc1ccc2c(c1)NC(=O)CC2c1ccc2cn[nH]c2c1. The van der Waals surface area contributed by atoms with E-state index in [4.69, 9.17) is 0 Å². The van der Waals surface area contributed by atoms with E-state index in [2.05, 4.69) is 20.2 Å². The summed E-state index contributed by atoms with van der Waals surface area (Å²) in [5, 5.41) is 10.8. The molecular weight excluding hydrogens is 366 g/mol. The van der Waals surface area contributed by atoms with Crippen LogP contribution in [0.15, 0.2) is 42.6 Å². The summed E-state index contributed by atoms with van der Waals surface area (Å²) in [6.45, 7) is 0. The average Bonchev–Trinajstić information content (AvgIpc) is 3.07. The van der Waals surface area contributed by atoms with E-state index in [0.717, 1.165) is 26.3 Å². The summed E-state index contributed by atoms with van der Waals surface area (Å²) in [5.41, 5.74) is 3.87. The van der Waals surface area contributed by atoms with E-state index in [9.17, 15) is 13.2 Å². The lowest BCUT2D eigenvalue weighted by molar-refractivity contribution is -0.116. The lowest BCUT2D eigenvalue weighted by Gasteiger charge is -2.27. The van der Waals surface area contributed by atoms with Gasteiger partial charge in [-0.2, -0.15) is 17.8 Å². The summed E-state index contributed by atoms with van der Waals surface area (Å²) in [4.78, 5) is 12.2. The zero-order chi connectivity index (χ0) is 19.2. The second-order valence-corrected chi connectivity index (χ2v) is 8.60. The Morgan fingerprint density at radius 2 is 2.00 bits per heavy atom. The van der Waals surface area contributed by atoms with Crippen molar-refractivity contribution in [1.82, 2.24) is 14.5 Å². The molecule has 4 rings (SSSR count). The minimum Gasteiger partial charge on any atom is -0.326 e. The fourth-order valence-corrected chi connectivity index (χ4v) is 3.84. The highest BCUT2D eigenvalue weighted by Gasteiger charge is 2.27. The molecular formula is C18H19N5O3S. The van der Waals surface area contributed by atoms with Crippen LogP contribution in [-0.2, 0) is 15.0 Å². The first-order valence-corrected chi connectivity index (χ1v) is 9.84. The van der Waals surface area contributed by atoms with Gasteiger partial charge in [0.1, 0.15) is 0 Å². The summed E-state index contributed by atoms with van der Waals surface area (Å²) in [7, 11) is -0.718. The highest BCUT2D eigenvalue weighted by Crippen LogP contribution is 2.39. The molecule has 8 nitrogen and oxygen atoms in total. The van der Waals surface area contributed by atoms with Gasteiger partial charge in [-0.3, -0.25) is 14.6 Å². The second kappa shape index (κ2) is 6.36. The van der Waals surface area contributed by atoms with Crippen molar-refractivity contribution in [3.05, 3.63) is 53.7 Å². The molecule has 2 heterocycles. The van der Waals surface area contributed by atoms with Gasteiger partial charge in [-0.1, -0.05) is 18.2 Å². The number of nitrogens with one attached hydrogen (secondary N) is 3. The van der Waals surface area contributed by atoms with Gasteiger partial charge in [-0.05, 0) is 29.3 Å². The van der Waals surface area contributed by atoms with Crippen molar-refractivity contribution in [2.45, 2.75) is 12.3 Å². The Hall–Kier alpha value is -2.91. The predicted octanol–water partition coefficient (Wildman–Crippen LogP) is 2.26. The Labute approximate surface area is 156 Å². The van der Waals surface area contributed by atoms with Gasteiger partial charge in [0.2, 0.25) is 5.91 Å². The quantitative estimate of drug-likeness (QED) is 0.640. The number of carbonyl (C=O) groups is 1. The molecule has 3 N–H and O–H groups in total. The Kier molecular flexibility index (Phi) is 4.12. The van der Waals surface area contributed by atoms with E-state index in [1.165, 1.54) is 14.1 Å². The first-order chi connectivity index (χ1) is 12.8. The van der Waals surface area contributed by atoms with Crippen LogP contribution in [0.1, 0.15) is 23.5 Å². The molecule has 140 valence electrons. The Morgan fingerprint density at radius 1 is 1.19 bits per heavy atom. The summed E-state index contributed by atoms with van der Waals surface area (Å²) in [5.74, 6) is -0.217. The van der Waals surface area contributed by atoms with E-state index in [0.29, 0.717) is 17.8 Å². The molecule has 1 unspecified atom stereocenters. The molecule has 9 heteroatoms. The van der Waals surface area contributed by atoms with Gasteiger partial charge in [-0.15, -0.1) is 0 Å². The van der Waals surface area contributed by atoms with Crippen LogP contribution in [0.25, 0.3) is 10.9 Å². The third kappa shape index (κ3) is 3.26. The van der Waals surface area contributed by atoms with Crippen LogP contribution in [0.2, 0.25) is 0 Å². The number of hydrogen-bond donors (Lipinski definition) is 3. The lowest BCUT2D eigenvalue weighted by Crippen LogP contribution is -2.29. The van der Waals surface area contributed by atoms with E-state index < -0.39 is 10.2 Å². The summed E-state index contributed by atoms with van der Waals surface area (Å²) in [6.07, 6.45) is 2.08. The number of carbonyl (C=O) groups excluding carboxylic acids is 1. The van der Waals surface area contributed by atoms with Crippen LogP contribution in [0, 0.1) is 0 Å². The van der Waals surface area contributed by atoms with Crippen molar-refractivity contribution >= 4 is 38.4 Å². The molecule has 27 heavy (non-hydrogen) atoms. The Balaban J connectivity index is 1.72. The van der Waals surface area contributed by atoms with Gasteiger partial charge in [0.05, 0.1) is 17.4 Å². The Bertz CT molecular complexity index is 1140. The lowest BCUT2D eigenvalue weighted by atomic mass is 9.84. The number of anilines is 2. The van der Waals surface area contributed by atoms with Crippen LogP contribution in [0.3, 0.4) is 0 Å². The number of nitrogens with zero attached hydrogens (tertiary/aromatic N) is 2. The molecule has 0 saturated heterocycles. The molecule has 0 bridgehead atoms. The fourth-order valence-electron chi connectivity index (χ4n) is 3.24. The number of rotatable bonds is 4. The number of benzene rings is 2. The molecule has 3 aromatic rings. The third-order valence-corrected chi connectivity index (χ3v) is 6.14. The van der Waals surface area contributed by atoms with Crippen LogP contribution in [-0.4, -0.2) is 42.9 Å². The van der Waals surface area contributed by atoms with Crippen molar-refractivity contribution in [3.8, 4) is 0 Å². The molecule has 0 saturated carbocycles.